The first kappa shape index (κ1) is 15.8. The molecule has 1 unspecified atom stereocenters. The van der Waals surface area contributed by atoms with E-state index in [1.165, 1.54) is 6.07 Å². The van der Waals surface area contributed by atoms with E-state index < -0.39 is 4.92 Å². The highest BCUT2D eigenvalue weighted by Crippen LogP contribution is 2.25. The van der Waals surface area contributed by atoms with Crippen LogP contribution in [-0.2, 0) is 6.54 Å². The molecule has 110 valence electrons. The van der Waals surface area contributed by atoms with E-state index in [1.807, 2.05) is 25.1 Å². The minimum absolute atomic E-state index is 0.0547. The Bertz CT molecular complexity index is 662. The monoisotopic (exact) mass is 324 g/mol. The van der Waals surface area contributed by atoms with Gasteiger partial charge in [-0.05, 0) is 30.2 Å². The smallest absolute Gasteiger partial charge is 0.269 e. The van der Waals surface area contributed by atoms with Gasteiger partial charge < -0.3 is 5.32 Å². The summed E-state index contributed by atoms with van der Waals surface area (Å²) >= 11 is 11.9. The van der Waals surface area contributed by atoms with Crippen LogP contribution in [0.3, 0.4) is 0 Å². The summed E-state index contributed by atoms with van der Waals surface area (Å²) in [7, 11) is 0. The molecule has 0 saturated heterocycles. The first-order chi connectivity index (χ1) is 9.97. The molecule has 4 nitrogen and oxygen atoms in total. The second kappa shape index (κ2) is 6.89. The van der Waals surface area contributed by atoms with Crippen molar-refractivity contribution in [2.24, 2.45) is 0 Å². The van der Waals surface area contributed by atoms with Crippen molar-refractivity contribution < 1.29 is 4.92 Å². The van der Waals surface area contributed by atoms with Crippen molar-refractivity contribution in [1.82, 2.24) is 5.32 Å². The Morgan fingerprint density at radius 1 is 1.19 bits per heavy atom. The molecule has 2 rings (SSSR count). The van der Waals surface area contributed by atoms with Crippen LogP contribution in [0, 0.1) is 10.1 Å². The van der Waals surface area contributed by atoms with Crippen LogP contribution in [-0.4, -0.2) is 4.92 Å². The van der Waals surface area contributed by atoms with Crippen molar-refractivity contribution in [3.05, 3.63) is 73.8 Å². The summed E-state index contributed by atoms with van der Waals surface area (Å²) in [4.78, 5) is 10.3. The summed E-state index contributed by atoms with van der Waals surface area (Å²) in [5, 5.41) is 15.1. The summed E-state index contributed by atoms with van der Waals surface area (Å²) in [6, 6.07) is 12.1. The molecule has 6 heteroatoms. The molecule has 21 heavy (non-hydrogen) atoms. The molecule has 0 heterocycles. The van der Waals surface area contributed by atoms with E-state index in [4.69, 9.17) is 23.2 Å². The van der Waals surface area contributed by atoms with E-state index >= 15 is 0 Å². The third kappa shape index (κ3) is 4.17. The van der Waals surface area contributed by atoms with E-state index in [2.05, 4.69) is 5.32 Å². The number of halogens is 2. The zero-order chi connectivity index (χ0) is 15.4. The van der Waals surface area contributed by atoms with Gasteiger partial charge in [-0.3, -0.25) is 10.1 Å². The van der Waals surface area contributed by atoms with Crippen LogP contribution in [0.15, 0.2) is 42.5 Å². The van der Waals surface area contributed by atoms with Crippen LogP contribution >= 0.6 is 23.2 Å². The van der Waals surface area contributed by atoms with Gasteiger partial charge in [0.25, 0.3) is 5.69 Å². The molecule has 0 aliphatic rings. The van der Waals surface area contributed by atoms with Crippen LogP contribution in [0.5, 0.6) is 0 Å². The molecule has 2 aromatic carbocycles. The fraction of sp³-hybridized carbons (Fsp3) is 0.200. The Labute approximate surface area is 132 Å². The lowest BCUT2D eigenvalue weighted by molar-refractivity contribution is -0.384. The zero-order valence-corrected chi connectivity index (χ0v) is 12.9. The molecule has 0 saturated carbocycles. The molecule has 0 aliphatic carbocycles. The van der Waals surface area contributed by atoms with Crippen molar-refractivity contribution >= 4 is 28.9 Å². The molecule has 0 amide bonds. The zero-order valence-electron chi connectivity index (χ0n) is 11.3. The summed E-state index contributed by atoms with van der Waals surface area (Å²) in [5.41, 5.74) is 1.96. The maximum atomic E-state index is 10.7. The molecule has 1 N–H and O–H groups in total. The predicted octanol–water partition coefficient (Wildman–Crippen LogP) is 4.75. The largest absolute Gasteiger partial charge is 0.306 e. The highest BCUT2D eigenvalue weighted by atomic mass is 35.5. The minimum Gasteiger partial charge on any atom is -0.306 e. The molecule has 0 spiro atoms. The molecular formula is C15H14Cl2N2O2. The SMILES string of the molecule is CC(NCc1cccc([N+](=O)[O-])c1)c1ccc(Cl)c(Cl)c1. The van der Waals surface area contributed by atoms with Crippen molar-refractivity contribution in [3.8, 4) is 0 Å². The van der Waals surface area contributed by atoms with E-state index in [9.17, 15) is 10.1 Å². The predicted molar refractivity (Wildman–Crippen MR) is 84.8 cm³/mol. The van der Waals surface area contributed by atoms with Crippen LogP contribution < -0.4 is 5.32 Å². The summed E-state index contributed by atoms with van der Waals surface area (Å²) in [5.74, 6) is 0. The minimum atomic E-state index is -0.397. The van der Waals surface area contributed by atoms with E-state index in [-0.39, 0.29) is 11.7 Å². The highest BCUT2D eigenvalue weighted by molar-refractivity contribution is 6.42. The lowest BCUT2D eigenvalue weighted by Crippen LogP contribution is -2.18. The Morgan fingerprint density at radius 2 is 1.95 bits per heavy atom. The Kier molecular flexibility index (Phi) is 5.17. The quantitative estimate of drug-likeness (QED) is 0.637. The highest BCUT2D eigenvalue weighted by Gasteiger charge is 2.09. The molecule has 1 atom stereocenters. The molecular weight excluding hydrogens is 311 g/mol. The van der Waals surface area contributed by atoms with Gasteiger partial charge in [0.15, 0.2) is 0 Å². The van der Waals surface area contributed by atoms with Gasteiger partial charge in [-0.15, -0.1) is 0 Å². The van der Waals surface area contributed by atoms with Crippen LogP contribution in [0.4, 0.5) is 5.69 Å². The van der Waals surface area contributed by atoms with Crippen LogP contribution in [0.1, 0.15) is 24.1 Å². The number of nitro benzene ring substituents is 1. The van der Waals surface area contributed by atoms with Crippen molar-refractivity contribution in [3.63, 3.8) is 0 Å². The number of benzene rings is 2. The van der Waals surface area contributed by atoms with Crippen LogP contribution in [0.25, 0.3) is 0 Å². The Morgan fingerprint density at radius 3 is 2.62 bits per heavy atom. The second-order valence-corrected chi connectivity index (χ2v) is 5.52. The topological polar surface area (TPSA) is 55.2 Å². The van der Waals surface area contributed by atoms with Crippen molar-refractivity contribution in [2.45, 2.75) is 19.5 Å². The average Bonchev–Trinajstić information content (AvgIpc) is 2.48. The Balaban J connectivity index is 2.03. The molecule has 0 aliphatic heterocycles. The number of non-ortho nitro benzene ring substituents is 1. The number of hydrogen-bond acceptors (Lipinski definition) is 3. The van der Waals surface area contributed by atoms with E-state index in [0.717, 1.165) is 11.1 Å². The number of nitrogens with zero attached hydrogens (tertiary/aromatic N) is 1. The van der Waals surface area contributed by atoms with Gasteiger partial charge in [-0.2, -0.15) is 0 Å². The third-order valence-corrected chi connectivity index (χ3v) is 3.92. The van der Waals surface area contributed by atoms with Crippen molar-refractivity contribution in [1.29, 1.82) is 0 Å². The lowest BCUT2D eigenvalue weighted by Gasteiger charge is -2.15. The summed E-state index contributed by atoms with van der Waals surface area (Å²) in [6.45, 7) is 2.53. The second-order valence-electron chi connectivity index (χ2n) is 4.70. The summed E-state index contributed by atoms with van der Waals surface area (Å²) < 4.78 is 0. The maximum absolute atomic E-state index is 10.7. The molecule has 0 radical (unpaired) electrons. The van der Waals surface area contributed by atoms with Gasteiger partial charge in [0.05, 0.1) is 15.0 Å². The van der Waals surface area contributed by atoms with Gasteiger partial charge in [-0.1, -0.05) is 41.4 Å². The first-order valence-corrected chi connectivity index (χ1v) is 7.14. The number of hydrogen-bond donors (Lipinski definition) is 1. The first-order valence-electron chi connectivity index (χ1n) is 6.39. The third-order valence-electron chi connectivity index (χ3n) is 3.18. The van der Waals surface area contributed by atoms with Gasteiger partial charge >= 0.3 is 0 Å². The van der Waals surface area contributed by atoms with Gasteiger partial charge in [0.2, 0.25) is 0 Å². The fourth-order valence-corrected chi connectivity index (χ4v) is 2.26. The maximum Gasteiger partial charge on any atom is 0.269 e. The Hall–Kier alpha value is -1.62. The average molecular weight is 325 g/mol. The van der Waals surface area contributed by atoms with Gasteiger partial charge in [0, 0.05) is 24.7 Å². The number of nitro groups is 1. The summed E-state index contributed by atoms with van der Waals surface area (Å²) in [6.07, 6.45) is 0. The molecule has 0 bridgehead atoms. The van der Waals surface area contributed by atoms with Crippen molar-refractivity contribution in [2.75, 3.05) is 0 Å². The molecule has 0 fully saturated rings. The van der Waals surface area contributed by atoms with Crippen LogP contribution in [0.2, 0.25) is 10.0 Å². The van der Waals surface area contributed by atoms with E-state index in [0.29, 0.717) is 16.6 Å². The molecule has 0 aromatic heterocycles. The standard InChI is InChI=1S/C15H14Cl2N2O2/c1-10(12-5-6-14(16)15(17)8-12)18-9-11-3-2-4-13(7-11)19(20)21/h2-8,10,18H,9H2,1H3. The van der Waals surface area contributed by atoms with Gasteiger partial charge in [0.1, 0.15) is 0 Å². The van der Waals surface area contributed by atoms with E-state index in [1.54, 1.807) is 18.2 Å². The fourth-order valence-electron chi connectivity index (χ4n) is 1.95. The lowest BCUT2D eigenvalue weighted by atomic mass is 10.1. The molecule has 2 aromatic rings. The number of nitrogens with one attached hydrogen (secondary N) is 1. The number of rotatable bonds is 5. The normalized spacial score (nSPS) is 12.1. The van der Waals surface area contributed by atoms with Gasteiger partial charge in [-0.25, -0.2) is 0 Å².